The molecule has 2 heterocycles. The number of carbonyl (C=O) groups excluding carboxylic acids is 2. The Hall–Kier alpha value is -2.34. The van der Waals surface area contributed by atoms with Gasteiger partial charge < -0.3 is 20.5 Å². The summed E-state index contributed by atoms with van der Waals surface area (Å²) < 4.78 is 0. The number of hydrogen-bond donors (Lipinski definition) is 3. The Balaban J connectivity index is 1.35. The third-order valence-electron chi connectivity index (χ3n) is 8.01. The molecule has 4 rings (SSSR count). The summed E-state index contributed by atoms with van der Waals surface area (Å²) in [4.78, 5) is 32.2. The lowest BCUT2D eigenvalue weighted by Gasteiger charge is -2.35. The second-order valence-electron chi connectivity index (χ2n) is 11.4. The van der Waals surface area contributed by atoms with Crippen molar-refractivity contribution in [3.63, 3.8) is 0 Å². The molecular weight excluding hydrogens is 436 g/mol. The van der Waals surface area contributed by atoms with E-state index in [4.69, 9.17) is 0 Å². The second kappa shape index (κ2) is 12.1. The molecule has 0 bridgehead atoms. The second-order valence-corrected chi connectivity index (χ2v) is 11.4. The van der Waals surface area contributed by atoms with E-state index in [1.54, 1.807) is 0 Å². The normalized spacial score (nSPS) is 26.4. The molecule has 1 aliphatic heterocycles. The number of benzene rings is 1. The number of H-pyrrole nitrogens is 1. The summed E-state index contributed by atoms with van der Waals surface area (Å²) in [6, 6.07) is 7.57. The number of carbonyl (C=O) groups is 2. The number of aromatic amines is 1. The molecule has 3 N–H and O–H groups in total. The largest absolute Gasteiger partial charge is 0.361 e. The highest BCUT2D eigenvalue weighted by Gasteiger charge is 2.29. The average molecular weight is 481 g/mol. The Kier molecular flexibility index (Phi) is 8.88. The van der Waals surface area contributed by atoms with Gasteiger partial charge in [0.1, 0.15) is 6.04 Å². The molecule has 1 aromatic carbocycles. The van der Waals surface area contributed by atoms with Crippen molar-refractivity contribution in [3.05, 3.63) is 36.0 Å². The Bertz CT molecular complexity index is 968. The standard InChI is InChI=1S/C29H44N4O2/c1-20-9-11-23(12-10-20)28(34)32-27(16-24-17-31-26-8-5-4-7-25(24)26)29(35)30-13-6-14-33-18-21(2)15-22(3)19-33/h4-5,7-8,17,20-23,27,31H,6,9-16,18-19H2,1-3H3,(H,30,35)(H,32,34)/t20?,21-,22-,23?,27+/m0/s1. The van der Waals surface area contributed by atoms with Crippen LogP contribution in [0.15, 0.2) is 30.5 Å². The van der Waals surface area contributed by atoms with Crippen LogP contribution in [0, 0.1) is 23.7 Å². The number of aromatic nitrogens is 1. The van der Waals surface area contributed by atoms with E-state index in [2.05, 4.69) is 47.4 Å². The maximum atomic E-state index is 13.3. The highest BCUT2D eigenvalue weighted by Crippen LogP contribution is 2.28. The van der Waals surface area contributed by atoms with Crippen LogP contribution in [0.5, 0.6) is 0 Å². The Morgan fingerprint density at radius 2 is 1.74 bits per heavy atom. The van der Waals surface area contributed by atoms with E-state index in [1.165, 1.54) is 6.42 Å². The molecule has 35 heavy (non-hydrogen) atoms. The van der Waals surface area contributed by atoms with Crippen LogP contribution in [-0.4, -0.2) is 53.9 Å². The first-order valence-corrected chi connectivity index (χ1v) is 13.7. The highest BCUT2D eigenvalue weighted by molar-refractivity contribution is 5.90. The number of hydrogen-bond acceptors (Lipinski definition) is 3. The highest BCUT2D eigenvalue weighted by atomic mass is 16.2. The summed E-state index contributed by atoms with van der Waals surface area (Å²) in [5.74, 6) is 2.16. The van der Waals surface area contributed by atoms with Gasteiger partial charge in [-0.3, -0.25) is 9.59 Å². The van der Waals surface area contributed by atoms with Crippen molar-refractivity contribution < 1.29 is 9.59 Å². The lowest BCUT2D eigenvalue weighted by atomic mass is 9.82. The molecule has 1 aromatic heterocycles. The van der Waals surface area contributed by atoms with E-state index in [0.29, 0.717) is 18.9 Å². The number of para-hydroxylation sites is 1. The van der Waals surface area contributed by atoms with Crippen LogP contribution in [0.1, 0.15) is 64.9 Å². The van der Waals surface area contributed by atoms with Crippen molar-refractivity contribution >= 4 is 22.7 Å². The first-order valence-electron chi connectivity index (χ1n) is 13.7. The lowest BCUT2D eigenvalue weighted by Crippen LogP contribution is -2.50. The molecule has 2 amide bonds. The summed E-state index contributed by atoms with van der Waals surface area (Å²) in [5, 5.41) is 7.37. The molecular formula is C29H44N4O2. The molecule has 1 aliphatic carbocycles. The zero-order valence-electron chi connectivity index (χ0n) is 21.8. The predicted octanol–water partition coefficient (Wildman–Crippen LogP) is 4.51. The van der Waals surface area contributed by atoms with Gasteiger partial charge in [-0.15, -0.1) is 0 Å². The predicted molar refractivity (Wildman–Crippen MR) is 142 cm³/mol. The maximum absolute atomic E-state index is 13.3. The van der Waals surface area contributed by atoms with Gasteiger partial charge in [0, 0.05) is 49.1 Å². The van der Waals surface area contributed by atoms with Crippen LogP contribution < -0.4 is 10.6 Å². The molecule has 1 saturated heterocycles. The molecule has 0 radical (unpaired) electrons. The molecule has 2 fully saturated rings. The molecule has 0 spiro atoms. The number of amides is 2. The molecule has 192 valence electrons. The van der Waals surface area contributed by atoms with Crippen LogP contribution in [-0.2, 0) is 16.0 Å². The summed E-state index contributed by atoms with van der Waals surface area (Å²) in [7, 11) is 0. The first-order chi connectivity index (χ1) is 16.9. The minimum atomic E-state index is -0.559. The Morgan fingerprint density at radius 3 is 2.49 bits per heavy atom. The topological polar surface area (TPSA) is 77.2 Å². The van der Waals surface area contributed by atoms with Gasteiger partial charge in [0.05, 0.1) is 0 Å². The fraction of sp³-hybridized carbons (Fsp3) is 0.655. The number of rotatable bonds is 9. The number of nitrogens with one attached hydrogen (secondary N) is 3. The van der Waals surface area contributed by atoms with Gasteiger partial charge in [0.15, 0.2) is 0 Å². The minimum Gasteiger partial charge on any atom is -0.361 e. The fourth-order valence-corrected chi connectivity index (χ4v) is 6.15. The molecule has 1 saturated carbocycles. The monoisotopic (exact) mass is 480 g/mol. The Morgan fingerprint density at radius 1 is 1.03 bits per heavy atom. The summed E-state index contributed by atoms with van der Waals surface area (Å²) in [5.41, 5.74) is 2.12. The van der Waals surface area contributed by atoms with Crippen LogP contribution >= 0.6 is 0 Å². The number of likely N-dealkylation sites (tertiary alicyclic amines) is 1. The Labute approximate surface area is 210 Å². The maximum Gasteiger partial charge on any atom is 0.242 e. The zero-order valence-corrected chi connectivity index (χ0v) is 21.8. The summed E-state index contributed by atoms with van der Waals surface area (Å²) >= 11 is 0. The molecule has 6 heteroatoms. The van der Waals surface area contributed by atoms with E-state index < -0.39 is 6.04 Å². The van der Waals surface area contributed by atoms with Crippen LogP contribution in [0.3, 0.4) is 0 Å². The van der Waals surface area contributed by atoms with Gasteiger partial charge in [0.2, 0.25) is 11.8 Å². The van der Waals surface area contributed by atoms with Crippen molar-refractivity contribution in [2.45, 2.75) is 71.8 Å². The molecule has 6 nitrogen and oxygen atoms in total. The van der Waals surface area contributed by atoms with Crippen molar-refractivity contribution in [1.82, 2.24) is 20.5 Å². The van der Waals surface area contributed by atoms with Gasteiger partial charge in [-0.1, -0.05) is 39.0 Å². The van der Waals surface area contributed by atoms with Gasteiger partial charge in [-0.25, -0.2) is 0 Å². The number of fused-ring (bicyclic) bond motifs is 1. The molecule has 2 aliphatic rings. The van der Waals surface area contributed by atoms with Crippen LogP contribution in [0.4, 0.5) is 0 Å². The van der Waals surface area contributed by atoms with E-state index in [9.17, 15) is 9.59 Å². The van der Waals surface area contributed by atoms with Crippen molar-refractivity contribution in [2.75, 3.05) is 26.2 Å². The molecule has 2 aromatic rings. The first kappa shape index (κ1) is 25.7. The summed E-state index contributed by atoms with van der Waals surface area (Å²) in [6.45, 7) is 10.9. The third kappa shape index (κ3) is 7.09. The van der Waals surface area contributed by atoms with E-state index in [-0.39, 0.29) is 17.7 Å². The summed E-state index contributed by atoms with van der Waals surface area (Å²) in [6.07, 6.45) is 8.71. The third-order valence-corrected chi connectivity index (χ3v) is 8.01. The van der Waals surface area contributed by atoms with E-state index in [0.717, 1.165) is 80.0 Å². The molecule has 0 unspecified atom stereocenters. The van der Waals surface area contributed by atoms with Crippen LogP contribution in [0.25, 0.3) is 10.9 Å². The quantitative estimate of drug-likeness (QED) is 0.462. The lowest BCUT2D eigenvalue weighted by molar-refractivity contribution is -0.131. The zero-order chi connectivity index (χ0) is 24.8. The van der Waals surface area contributed by atoms with E-state index in [1.807, 2.05) is 24.4 Å². The van der Waals surface area contributed by atoms with Gasteiger partial charge >= 0.3 is 0 Å². The smallest absolute Gasteiger partial charge is 0.242 e. The fourth-order valence-electron chi connectivity index (χ4n) is 6.15. The average Bonchev–Trinajstić information content (AvgIpc) is 3.24. The van der Waals surface area contributed by atoms with Crippen molar-refractivity contribution in [2.24, 2.45) is 23.7 Å². The number of piperidine rings is 1. The SMILES string of the molecule is CC1CCC(C(=O)N[C@H](Cc2c[nH]c3ccccc23)C(=O)NCCCN2C[C@@H](C)C[C@H](C)C2)CC1. The van der Waals surface area contributed by atoms with Crippen molar-refractivity contribution in [3.8, 4) is 0 Å². The van der Waals surface area contributed by atoms with Gasteiger partial charge in [-0.05, 0) is 74.5 Å². The van der Waals surface area contributed by atoms with Crippen LogP contribution in [0.2, 0.25) is 0 Å². The number of nitrogens with zero attached hydrogens (tertiary/aromatic N) is 1. The van der Waals surface area contributed by atoms with Gasteiger partial charge in [0.25, 0.3) is 0 Å². The minimum absolute atomic E-state index is 0.0209. The molecule has 3 atom stereocenters. The van der Waals surface area contributed by atoms with Crippen molar-refractivity contribution in [1.29, 1.82) is 0 Å². The van der Waals surface area contributed by atoms with E-state index >= 15 is 0 Å². The van der Waals surface area contributed by atoms with Gasteiger partial charge in [-0.2, -0.15) is 0 Å².